The van der Waals surface area contributed by atoms with Crippen molar-refractivity contribution in [1.82, 2.24) is 4.90 Å². The van der Waals surface area contributed by atoms with Crippen LogP contribution in [0.25, 0.3) is 0 Å². The standard InChI is InChI=1S/C16H22FN3O3/c1-16(21)5-8-18(9-6-16)13-4-7-19(11-13)15-3-2-12(20(22)23)10-14(15)17/h2-3,10,13,21H,4-9,11H2,1H3. The number of aliphatic hydroxyl groups is 1. The van der Waals surface area contributed by atoms with E-state index in [0.717, 1.165) is 51.5 Å². The van der Waals surface area contributed by atoms with Gasteiger partial charge in [0.25, 0.3) is 5.69 Å². The van der Waals surface area contributed by atoms with Crippen molar-refractivity contribution in [3.05, 3.63) is 34.1 Å². The van der Waals surface area contributed by atoms with Crippen molar-refractivity contribution in [1.29, 1.82) is 0 Å². The molecule has 1 aromatic carbocycles. The van der Waals surface area contributed by atoms with Crippen molar-refractivity contribution in [3.8, 4) is 0 Å². The fraction of sp³-hybridized carbons (Fsp3) is 0.625. The molecule has 1 aromatic rings. The summed E-state index contributed by atoms with van der Waals surface area (Å²) in [6.07, 6.45) is 2.46. The van der Waals surface area contributed by atoms with Crippen LogP contribution in [-0.2, 0) is 0 Å². The summed E-state index contributed by atoms with van der Waals surface area (Å²) < 4.78 is 14.1. The van der Waals surface area contributed by atoms with Crippen LogP contribution >= 0.6 is 0 Å². The summed E-state index contributed by atoms with van der Waals surface area (Å²) in [5.74, 6) is -0.540. The molecule has 1 N–H and O–H groups in total. The molecule has 0 saturated carbocycles. The fourth-order valence-electron chi connectivity index (χ4n) is 3.50. The lowest BCUT2D eigenvalue weighted by Gasteiger charge is -2.39. The maximum atomic E-state index is 14.1. The van der Waals surface area contributed by atoms with Crippen molar-refractivity contribution >= 4 is 11.4 Å². The molecule has 1 unspecified atom stereocenters. The molecule has 6 nitrogen and oxygen atoms in total. The van der Waals surface area contributed by atoms with Crippen LogP contribution in [0.2, 0.25) is 0 Å². The highest BCUT2D eigenvalue weighted by Gasteiger charge is 2.34. The van der Waals surface area contributed by atoms with Gasteiger partial charge < -0.3 is 10.0 Å². The van der Waals surface area contributed by atoms with E-state index in [9.17, 15) is 19.6 Å². The molecule has 23 heavy (non-hydrogen) atoms. The van der Waals surface area contributed by atoms with Gasteiger partial charge in [0, 0.05) is 38.3 Å². The number of non-ortho nitro benzene ring substituents is 1. The number of nitro groups is 1. The molecule has 126 valence electrons. The molecule has 0 amide bonds. The molecule has 2 aliphatic rings. The quantitative estimate of drug-likeness (QED) is 0.682. The molecule has 2 fully saturated rings. The van der Waals surface area contributed by atoms with Gasteiger partial charge in [-0.05, 0) is 32.3 Å². The molecular formula is C16H22FN3O3. The minimum atomic E-state index is -0.584. The van der Waals surface area contributed by atoms with Gasteiger partial charge in [-0.2, -0.15) is 0 Å². The molecule has 1 atom stereocenters. The van der Waals surface area contributed by atoms with E-state index in [1.165, 1.54) is 12.1 Å². The molecule has 2 heterocycles. The van der Waals surface area contributed by atoms with Gasteiger partial charge in [-0.15, -0.1) is 0 Å². The Labute approximate surface area is 134 Å². The van der Waals surface area contributed by atoms with E-state index in [1.54, 1.807) is 0 Å². The number of benzene rings is 1. The Morgan fingerprint density at radius 3 is 2.65 bits per heavy atom. The monoisotopic (exact) mass is 323 g/mol. The highest BCUT2D eigenvalue weighted by atomic mass is 19.1. The smallest absolute Gasteiger partial charge is 0.272 e. The predicted octanol–water partition coefficient (Wildman–Crippen LogP) is 2.16. The zero-order chi connectivity index (χ0) is 16.6. The average molecular weight is 323 g/mol. The summed E-state index contributed by atoms with van der Waals surface area (Å²) in [6, 6.07) is 4.18. The van der Waals surface area contributed by atoms with Gasteiger partial charge in [0.1, 0.15) is 0 Å². The summed E-state index contributed by atoms with van der Waals surface area (Å²) >= 11 is 0. The summed E-state index contributed by atoms with van der Waals surface area (Å²) in [5, 5.41) is 20.7. The van der Waals surface area contributed by atoms with Crippen LogP contribution in [0.3, 0.4) is 0 Å². The Morgan fingerprint density at radius 2 is 2.04 bits per heavy atom. The Balaban J connectivity index is 1.65. The van der Waals surface area contributed by atoms with E-state index in [-0.39, 0.29) is 5.69 Å². The number of nitrogens with zero attached hydrogens (tertiary/aromatic N) is 3. The largest absolute Gasteiger partial charge is 0.390 e. The van der Waals surface area contributed by atoms with Gasteiger partial charge in [0.05, 0.1) is 22.3 Å². The lowest BCUT2D eigenvalue weighted by molar-refractivity contribution is -0.385. The molecule has 3 rings (SSSR count). The van der Waals surface area contributed by atoms with Crippen molar-refractivity contribution in [3.63, 3.8) is 0 Å². The number of hydrogen-bond acceptors (Lipinski definition) is 5. The molecule has 0 aliphatic carbocycles. The molecule has 2 aliphatic heterocycles. The summed E-state index contributed by atoms with van der Waals surface area (Å²) in [7, 11) is 0. The Morgan fingerprint density at radius 1 is 1.35 bits per heavy atom. The second-order valence-corrected chi connectivity index (χ2v) is 6.81. The molecule has 2 saturated heterocycles. The number of piperidine rings is 1. The highest BCUT2D eigenvalue weighted by molar-refractivity contribution is 5.53. The number of hydrogen-bond donors (Lipinski definition) is 1. The molecule has 0 radical (unpaired) electrons. The Kier molecular flexibility index (Phi) is 4.25. The van der Waals surface area contributed by atoms with Gasteiger partial charge in [-0.3, -0.25) is 15.0 Å². The third-order valence-corrected chi connectivity index (χ3v) is 5.04. The lowest BCUT2D eigenvalue weighted by atomic mass is 9.93. The zero-order valence-corrected chi connectivity index (χ0v) is 13.2. The first-order chi connectivity index (χ1) is 10.9. The van der Waals surface area contributed by atoms with Crippen LogP contribution < -0.4 is 4.90 Å². The number of nitro benzene ring substituents is 1. The first-order valence-corrected chi connectivity index (χ1v) is 8.01. The van der Waals surface area contributed by atoms with Crippen LogP contribution in [0.5, 0.6) is 0 Å². The first kappa shape index (κ1) is 16.1. The SMILES string of the molecule is CC1(O)CCN(C2CCN(c3ccc([N+](=O)[O-])cc3F)C2)CC1. The average Bonchev–Trinajstić information content (AvgIpc) is 2.96. The molecule has 0 aromatic heterocycles. The van der Waals surface area contributed by atoms with E-state index in [2.05, 4.69) is 4.90 Å². The van der Waals surface area contributed by atoms with Gasteiger partial charge in [0.2, 0.25) is 0 Å². The van der Waals surface area contributed by atoms with Gasteiger partial charge in [-0.25, -0.2) is 4.39 Å². The number of likely N-dealkylation sites (tertiary alicyclic amines) is 1. The predicted molar refractivity (Wildman–Crippen MR) is 85.1 cm³/mol. The molecule has 0 bridgehead atoms. The molecule has 7 heteroatoms. The maximum absolute atomic E-state index is 14.1. The highest BCUT2D eigenvalue weighted by Crippen LogP contribution is 2.30. The topological polar surface area (TPSA) is 69.8 Å². The van der Waals surface area contributed by atoms with E-state index in [1.807, 2.05) is 11.8 Å². The van der Waals surface area contributed by atoms with Crippen LogP contribution in [0.15, 0.2) is 18.2 Å². The maximum Gasteiger partial charge on any atom is 0.272 e. The first-order valence-electron chi connectivity index (χ1n) is 8.01. The summed E-state index contributed by atoms with van der Waals surface area (Å²) in [4.78, 5) is 14.4. The van der Waals surface area contributed by atoms with Crippen LogP contribution in [0, 0.1) is 15.9 Å². The summed E-state index contributed by atoms with van der Waals surface area (Å²) in [5.41, 5.74) is -0.360. The Bertz CT molecular complexity index is 598. The lowest BCUT2D eigenvalue weighted by Crippen LogP contribution is -2.47. The van der Waals surface area contributed by atoms with E-state index >= 15 is 0 Å². The Hall–Kier alpha value is -1.73. The van der Waals surface area contributed by atoms with Gasteiger partial charge in [0.15, 0.2) is 5.82 Å². The van der Waals surface area contributed by atoms with E-state index < -0.39 is 16.3 Å². The summed E-state index contributed by atoms with van der Waals surface area (Å²) in [6.45, 7) is 5.04. The van der Waals surface area contributed by atoms with Crippen LogP contribution in [0.4, 0.5) is 15.8 Å². The van der Waals surface area contributed by atoms with Crippen molar-refractivity contribution < 1.29 is 14.4 Å². The third kappa shape index (κ3) is 3.45. The molecular weight excluding hydrogens is 301 g/mol. The van der Waals surface area contributed by atoms with Crippen molar-refractivity contribution in [2.45, 2.75) is 37.8 Å². The van der Waals surface area contributed by atoms with Crippen LogP contribution in [-0.4, -0.2) is 52.8 Å². The van der Waals surface area contributed by atoms with Crippen LogP contribution in [0.1, 0.15) is 26.2 Å². The van der Waals surface area contributed by atoms with Gasteiger partial charge >= 0.3 is 0 Å². The van der Waals surface area contributed by atoms with E-state index in [0.29, 0.717) is 11.7 Å². The van der Waals surface area contributed by atoms with E-state index in [4.69, 9.17) is 0 Å². The number of anilines is 1. The van der Waals surface area contributed by atoms with Gasteiger partial charge in [-0.1, -0.05) is 0 Å². The number of rotatable bonds is 3. The minimum Gasteiger partial charge on any atom is -0.390 e. The molecule has 0 spiro atoms. The normalized spacial score (nSPS) is 24.8. The second-order valence-electron chi connectivity index (χ2n) is 6.81. The van der Waals surface area contributed by atoms with Crippen molar-refractivity contribution in [2.24, 2.45) is 0 Å². The minimum absolute atomic E-state index is 0.222. The van der Waals surface area contributed by atoms with Crippen molar-refractivity contribution in [2.75, 3.05) is 31.1 Å². The third-order valence-electron chi connectivity index (χ3n) is 5.04. The second kappa shape index (κ2) is 6.05. The zero-order valence-electron chi connectivity index (χ0n) is 13.2. The fourth-order valence-corrected chi connectivity index (χ4v) is 3.50. The number of halogens is 1.